The average Bonchev–Trinajstić information content (AvgIpc) is 3.16. The molecule has 26 heavy (non-hydrogen) atoms. The first kappa shape index (κ1) is 17.9. The molecule has 2 N–H and O–H groups in total. The van der Waals surface area contributed by atoms with E-state index >= 15 is 0 Å². The molecule has 3 amide bonds. The molecule has 1 aromatic heterocycles. The minimum atomic E-state index is -0.307. The smallest absolute Gasteiger partial charge is 0.323 e. The molecule has 0 bridgehead atoms. The van der Waals surface area contributed by atoms with Crippen LogP contribution in [0, 0.1) is 12.7 Å². The molecular weight excluding hydrogens is 337 g/mol. The van der Waals surface area contributed by atoms with Gasteiger partial charge in [0.15, 0.2) is 0 Å². The molecule has 1 aliphatic heterocycles. The number of urea groups is 1. The minimum absolute atomic E-state index is 0.0171. The maximum Gasteiger partial charge on any atom is 0.323 e. The van der Waals surface area contributed by atoms with Gasteiger partial charge in [0.05, 0.1) is 12.7 Å². The van der Waals surface area contributed by atoms with Crippen molar-refractivity contribution in [3.63, 3.8) is 0 Å². The van der Waals surface area contributed by atoms with E-state index in [1.807, 2.05) is 13.0 Å². The van der Waals surface area contributed by atoms with Crippen molar-refractivity contribution < 1.29 is 14.0 Å². The Morgan fingerprint density at radius 1 is 1.38 bits per heavy atom. The van der Waals surface area contributed by atoms with Gasteiger partial charge in [0.25, 0.3) is 0 Å². The molecule has 1 atom stereocenters. The molecule has 1 fully saturated rings. The molecule has 1 aromatic carbocycles. The molecule has 2 aromatic rings. The Hall–Kier alpha value is -2.90. The van der Waals surface area contributed by atoms with E-state index in [2.05, 4.69) is 15.7 Å². The highest BCUT2D eigenvalue weighted by Gasteiger charge is 2.27. The largest absolute Gasteiger partial charge is 0.352 e. The third-order valence-corrected chi connectivity index (χ3v) is 4.35. The van der Waals surface area contributed by atoms with Crippen LogP contribution in [0.3, 0.4) is 0 Å². The van der Waals surface area contributed by atoms with E-state index in [0.29, 0.717) is 25.5 Å². The highest BCUT2D eigenvalue weighted by Crippen LogP contribution is 2.18. The van der Waals surface area contributed by atoms with Crippen molar-refractivity contribution in [3.8, 4) is 0 Å². The van der Waals surface area contributed by atoms with E-state index in [0.717, 1.165) is 17.5 Å². The number of likely N-dealkylation sites (tertiary alicyclic amines) is 1. The van der Waals surface area contributed by atoms with Crippen LogP contribution < -0.4 is 10.6 Å². The molecule has 0 unspecified atom stereocenters. The van der Waals surface area contributed by atoms with Crippen LogP contribution in [0.15, 0.2) is 30.5 Å². The monoisotopic (exact) mass is 359 g/mol. The summed E-state index contributed by atoms with van der Waals surface area (Å²) >= 11 is 0. The molecule has 0 aliphatic carbocycles. The summed E-state index contributed by atoms with van der Waals surface area (Å²) < 4.78 is 15.0. The zero-order valence-corrected chi connectivity index (χ0v) is 14.8. The van der Waals surface area contributed by atoms with Crippen LogP contribution in [0.4, 0.5) is 15.0 Å². The van der Waals surface area contributed by atoms with E-state index in [9.17, 15) is 14.0 Å². The average molecular weight is 359 g/mol. The predicted molar refractivity (Wildman–Crippen MR) is 95.3 cm³/mol. The third kappa shape index (κ3) is 4.19. The number of hydrogen-bond donors (Lipinski definition) is 2. The van der Waals surface area contributed by atoms with Crippen LogP contribution in [0.1, 0.15) is 24.5 Å². The molecule has 2 heterocycles. The second-order valence-electron chi connectivity index (χ2n) is 6.53. The fraction of sp³-hybridized carbons (Fsp3) is 0.389. The summed E-state index contributed by atoms with van der Waals surface area (Å²) in [5.74, 6) is 0.182. The number of carbonyl (C=O) groups excluding carboxylic acids is 2. The van der Waals surface area contributed by atoms with E-state index in [1.54, 1.807) is 21.8 Å². The lowest BCUT2D eigenvalue weighted by molar-refractivity contribution is -0.119. The molecular formula is C18H22FN5O2. The van der Waals surface area contributed by atoms with Crippen molar-refractivity contribution in [1.29, 1.82) is 0 Å². The number of rotatable bonds is 4. The molecule has 138 valence electrons. The summed E-state index contributed by atoms with van der Waals surface area (Å²) in [5.41, 5.74) is 1.59. The van der Waals surface area contributed by atoms with Gasteiger partial charge in [-0.3, -0.25) is 10.1 Å². The number of carbonyl (C=O) groups is 2. The van der Waals surface area contributed by atoms with Crippen LogP contribution >= 0.6 is 0 Å². The molecule has 0 radical (unpaired) electrons. The topological polar surface area (TPSA) is 79.3 Å². The first-order chi connectivity index (χ1) is 12.4. The van der Waals surface area contributed by atoms with E-state index in [-0.39, 0.29) is 23.8 Å². The van der Waals surface area contributed by atoms with Crippen molar-refractivity contribution in [1.82, 2.24) is 20.0 Å². The molecule has 0 spiro atoms. The summed E-state index contributed by atoms with van der Waals surface area (Å²) in [5, 5.41) is 10.0. The molecule has 8 heteroatoms. The summed E-state index contributed by atoms with van der Waals surface area (Å²) in [6, 6.07) is 6.04. The fourth-order valence-corrected chi connectivity index (χ4v) is 3.10. The Balaban J connectivity index is 1.67. The lowest BCUT2D eigenvalue weighted by Crippen LogP contribution is -2.39. The number of nitrogens with zero attached hydrogens (tertiary/aromatic N) is 3. The van der Waals surface area contributed by atoms with Gasteiger partial charge in [0, 0.05) is 31.6 Å². The summed E-state index contributed by atoms with van der Waals surface area (Å²) in [6.07, 6.45) is 2.40. The highest BCUT2D eigenvalue weighted by molar-refractivity contribution is 5.89. The summed E-state index contributed by atoms with van der Waals surface area (Å²) in [7, 11) is 0. The molecule has 7 nitrogen and oxygen atoms in total. The van der Waals surface area contributed by atoms with Crippen molar-refractivity contribution in [2.75, 3.05) is 18.4 Å². The van der Waals surface area contributed by atoms with E-state index in [4.69, 9.17) is 0 Å². The third-order valence-electron chi connectivity index (χ3n) is 4.35. The van der Waals surface area contributed by atoms with Crippen LogP contribution in [0.5, 0.6) is 0 Å². The summed E-state index contributed by atoms with van der Waals surface area (Å²) in [4.78, 5) is 25.4. The Morgan fingerprint density at radius 2 is 2.19 bits per heavy atom. The molecule has 1 saturated heterocycles. The van der Waals surface area contributed by atoms with Crippen LogP contribution in [-0.4, -0.2) is 45.8 Å². The van der Waals surface area contributed by atoms with Gasteiger partial charge in [0.1, 0.15) is 11.6 Å². The number of hydrogen-bond acceptors (Lipinski definition) is 3. The molecule has 0 saturated carbocycles. The Bertz CT molecular complexity index is 820. The molecule has 1 aliphatic rings. The highest BCUT2D eigenvalue weighted by atomic mass is 19.1. The van der Waals surface area contributed by atoms with Crippen LogP contribution in [0.25, 0.3) is 0 Å². The maximum atomic E-state index is 13.4. The number of aryl methyl sites for hydroxylation is 1. The predicted octanol–water partition coefficient (Wildman–Crippen LogP) is 2.12. The van der Waals surface area contributed by atoms with Gasteiger partial charge in [-0.25, -0.2) is 13.9 Å². The maximum absolute atomic E-state index is 13.4. The number of amides is 3. The standard InChI is InChI=1S/C18H22FN5O2/c1-12-9-20-24(10-14-4-3-5-15(19)8-14)17(12)22-18(26)23-7-6-16(11-23)21-13(2)25/h3-5,8-9,16H,6-7,10-11H2,1-2H3,(H,21,25)(H,22,26)/t16-/m0/s1. The second-order valence-corrected chi connectivity index (χ2v) is 6.53. The van der Waals surface area contributed by atoms with Gasteiger partial charge in [-0.05, 0) is 31.0 Å². The lowest BCUT2D eigenvalue weighted by atomic mass is 10.2. The SMILES string of the molecule is CC(=O)N[C@H]1CCN(C(=O)Nc2c(C)cnn2Cc2cccc(F)c2)C1. The Kier molecular flexibility index (Phi) is 5.20. The minimum Gasteiger partial charge on any atom is -0.352 e. The van der Waals surface area contributed by atoms with Gasteiger partial charge in [-0.1, -0.05) is 12.1 Å². The van der Waals surface area contributed by atoms with Gasteiger partial charge in [-0.2, -0.15) is 5.10 Å². The van der Waals surface area contributed by atoms with Gasteiger partial charge >= 0.3 is 6.03 Å². The first-order valence-electron chi connectivity index (χ1n) is 8.52. The van der Waals surface area contributed by atoms with E-state index < -0.39 is 0 Å². The van der Waals surface area contributed by atoms with Crippen molar-refractivity contribution in [2.24, 2.45) is 0 Å². The number of benzene rings is 1. The number of aromatic nitrogens is 2. The zero-order chi connectivity index (χ0) is 18.7. The van der Waals surface area contributed by atoms with Crippen molar-refractivity contribution in [3.05, 3.63) is 47.4 Å². The van der Waals surface area contributed by atoms with Gasteiger partial charge < -0.3 is 10.2 Å². The van der Waals surface area contributed by atoms with Crippen LogP contribution in [0.2, 0.25) is 0 Å². The number of halogens is 1. The number of anilines is 1. The zero-order valence-electron chi connectivity index (χ0n) is 14.8. The second kappa shape index (κ2) is 7.55. The lowest BCUT2D eigenvalue weighted by Gasteiger charge is -2.18. The Labute approximate surface area is 151 Å². The van der Waals surface area contributed by atoms with Crippen LogP contribution in [-0.2, 0) is 11.3 Å². The first-order valence-corrected chi connectivity index (χ1v) is 8.52. The number of nitrogens with one attached hydrogen (secondary N) is 2. The Morgan fingerprint density at radius 3 is 2.92 bits per heavy atom. The molecule has 3 rings (SSSR count). The fourth-order valence-electron chi connectivity index (χ4n) is 3.10. The van der Waals surface area contributed by atoms with Crippen molar-refractivity contribution in [2.45, 2.75) is 32.9 Å². The van der Waals surface area contributed by atoms with Gasteiger partial charge in [0.2, 0.25) is 5.91 Å². The summed E-state index contributed by atoms with van der Waals surface area (Å²) in [6.45, 7) is 4.73. The normalized spacial score (nSPS) is 16.6. The van der Waals surface area contributed by atoms with Crippen molar-refractivity contribution >= 4 is 17.8 Å². The van der Waals surface area contributed by atoms with E-state index in [1.165, 1.54) is 19.1 Å². The quantitative estimate of drug-likeness (QED) is 0.878. The van der Waals surface area contributed by atoms with Gasteiger partial charge in [-0.15, -0.1) is 0 Å².